The predicted octanol–water partition coefficient (Wildman–Crippen LogP) is 2.24. The van der Waals surface area contributed by atoms with Crippen LogP contribution in [0, 0.1) is 5.92 Å². The average Bonchev–Trinajstić information content (AvgIpc) is 2.99. The van der Waals surface area contributed by atoms with Gasteiger partial charge in [0.05, 0.1) is 6.04 Å². The molecule has 1 fully saturated rings. The van der Waals surface area contributed by atoms with Crippen LogP contribution in [0.25, 0.3) is 0 Å². The summed E-state index contributed by atoms with van der Waals surface area (Å²) in [7, 11) is 0. The highest BCUT2D eigenvalue weighted by molar-refractivity contribution is 7.10. The Balaban J connectivity index is 1.58. The third-order valence-electron chi connectivity index (χ3n) is 4.02. The quantitative estimate of drug-likeness (QED) is 0.879. The van der Waals surface area contributed by atoms with Gasteiger partial charge in [0.1, 0.15) is 0 Å². The molecule has 2 aliphatic rings. The van der Waals surface area contributed by atoms with Gasteiger partial charge in [0.2, 0.25) is 5.91 Å². The molecule has 2 N–H and O–H groups in total. The number of amides is 1. The van der Waals surface area contributed by atoms with Crippen molar-refractivity contribution in [1.29, 1.82) is 0 Å². The van der Waals surface area contributed by atoms with E-state index in [0.717, 1.165) is 25.9 Å². The van der Waals surface area contributed by atoms with Crippen LogP contribution in [0.1, 0.15) is 42.2 Å². The van der Waals surface area contributed by atoms with Crippen molar-refractivity contribution in [3.63, 3.8) is 0 Å². The number of fused-ring (bicyclic) bond motifs is 1. The van der Waals surface area contributed by atoms with Crippen LogP contribution in [0.3, 0.4) is 0 Å². The third-order valence-corrected chi connectivity index (χ3v) is 5.02. The SMILES string of the molecule is O=C(CC1CCNC1)NC1CCCc2sccc21. The Bertz CT molecular complexity index is 423. The first-order valence-corrected chi connectivity index (χ1v) is 7.77. The van der Waals surface area contributed by atoms with Crippen molar-refractivity contribution < 1.29 is 4.79 Å². The highest BCUT2D eigenvalue weighted by atomic mass is 32.1. The van der Waals surface area contributed by atoms with E-state index in [0.29, 0.717) is 12.3 Å². The van der Waals surface area contributed by atoms with Gasteiger partial charge in [-0.2, -0.15) is 0 Å². The van der Waals surface area contributed by atoms with Gasteiger partial charge in [0, 0.05) is 11.3 Å². The summed E-state index contributed by atoms with van der Waals surface area (Å²) in [6.45, 7) is 2.07. The lowest BCUT2D eigenvalue weighted by Crippen LogP contribution is -2.31. The van der Waals surface area contributed by atoms with Crippen molar-refractivity contribution in [2.45, 2.75) is 38.1 Å². The number of carbonyl (C=O) groups is 1. The normalized spacial score (nSPS) is 26.9. The number of thiophene rings is 1. The fraction of sp³-hybridized carbons (Fsp3) is 0.643. The van der Waals surface area contributed by atoms with E-state index in [1.807, 2.05) is 11.3 Å². The maximum atomic E-state index is 12.1. The molecule has 0 radical (unpaired) electrons. The smallest absolute Gasteiger partial charge is 0.220 e. The fourth-order valence-corrected chi connectivity index (χ4v) is 4.03. The summed E-state index contributed by atoms with van der Waals surface area (Å²) in [6, 6.07) is 2.45. The van der Waals surface area contributed by atoms with Crippen LogP contribution < -0.4 is 10.6 Å². The van der Waals surface area contributed by atoms with Crippen molar-refractivity contribution in [2.75, 3.05) is 13.1 Å². The highest BCUT2D eigenvalue weighted by Crippen LogP contribution is 2.33. The monoisotopic (exact) mass is 264 g/mol. The molecule has 0 aromatic carbocycles. The molecule has 4 heteroatoms. The predicted molar refractivity (Wildman–Crippen MR) is 73.7 cm³/mol. The summed E-state index contributed by atoms with van der Waals surface area (Å²) in [5.41, 5.74) is 1.36. The van der Waals surface area contributed by atoms with E-state index < -0.39 is 0 Å². The molecular formula is C14H20N2OS. The van der Waals surface area contributed by atoms with Crippen molar-refractivity contribution in [2.24, 2.45) is 5.92 Å². The van der Waals surface area contributed by atoms with Gasteiger partial charge in [0.15, 0.2) is 0 Å². The molecule has 2 unspecified atom stereocenters. The minimum Gasteiger partial charge on any atom is -0.349 e. The molecule has 3 rings (SSSR count). The second-order valence-corrected chi connectivity index (χ2v) is 6.38. The third kappa shape index (κ3) is 2.59. The molecule has 0 saturated carbocycles. The second-order valence-electron chi connectivity index (χ2n) is 5.37. The van der Waals surface area contributed by atoms with Gasteiger partial charge >= 0.3 is 0 Å². The number of nitrogens with one attached hydrogen (secondary N) is 2. The van der Waals surface area contributed by atoms with Crippen LogP contribution >= 0.6 is 11.3 Å². The van der Waals surface area contributed by atoms with E-state index in [-0.39, 0.29) is 11.9 Å². The first-order chi connectivity index (χ1) is 8.83. The Labute approximate surface area is 112 Å². The number of hydrogen-bond donors (Lipinski definition) is 2. The molecule has 3 nitrogen and oxygen atoms in total. The number of carbonyl (C=O) groups excluding carboxylic acids is 1. The average molecular weight is 264 g/mol. The first-order valence-electron chi connectivity index (χ1n) is 6.89. The standard InChI is InChI=1S/C14H20N2OS/c17-14(8-10-4-6-15-9-10)16-12-2-1-3-13-11(12)5-7-18-13/h5,7,10,12,15H,1-4,6,8-9H2,(H,16,17). The van der Waals surface area contributed by atoms with Gasteiger partial charge in [-0.15, -0.1) is 11.3 Å². The molecule has 1 saturated heterocycles. The van der Waals surface area contributed by atoms with E-state index in [2.05, 4.69) is 22.1 Å². The van der Waals surface area contributed by atoms with Crippen LogP contribution in [0.2, 0.25) is 0 Å². The number of rotatable bonds is 3. The second kappa shape index (κ2) is 5.41. The van der Waals surface area contributed by atoms with Gasteiger partial charge in [-0.05, 0) is 61.7 Å². The molecule has 1 aliphatic carbocycles. The minimum atomic E-state index is 0.229. The zero-order valence-electron chi connectivity index (χ0n) is 10.6. The molecule has 1 amide bonds. The van der Waals surface area contributed by atoms with Crippen molar-refractivity contribution in [3.05, 3.63) is 21.9 Å². The highest BCUT2D eigenvalue weighted by Gasteiger charge is 2.24. The Hall–Kier alpha value is -0.870. The van der Waals surface area contributed by atoms with Crippen LogP contribution in [-0.4, -0.2) is 19.0 Å². The fourth-order valence-electron chi connectivity index (χ4n) is 3.04. The Kier molecular flexibility index (Phi) is 3.66. The van der Waals surface area contributed by atoms with Crippen LogP contribution in [0.5, 0.6) is 0 Å². The van der Waals surface area contributed by atoms with Crippen molar-refractivity contribution >= 4 is 17.2 Å². The van der Waals surface area contributed by atoms with E-state index in [4.69, 9.17) is 0 Å². The Morgan fingerprint density at radius 2 is 2.44 bits per heavy atom. The Morgan fingerprint density at radius 3 is 3.28 bits per heavy atom. The number of aryl methyl sites for hydroxylation is 1. The van der Waals surface area contributed by atoms with Gasteiger partial charge in [-0.3, -0.25) is 4.79 Å². The van der Waals surface area contributed by atoms with Crippen molar-refractivity contribution in [3.8, 4) is 0 Å². The van der Waals surface area contributed by atoms with Crippen LogP contribution in [0.4, 0.5) is 0 Å². The molecule has 1 aromatic heterocycles. The van der Waals surface area contributed by atoms with Gasteiger partial charge < -0.3 is 10.6 Å². The van der Waals surface area contributed by atoms with Crippen LogP contribution in [0.15, 0.2) is 11.4 Å². The Morgan fingerprint density at radius 1 is 1.50 bits per heavy atom. The molecular weight excluding hydrogens is 244 g/mol. The van der Waals surface area contributed by atoms with Crippen molar-refractivity contribution in [1.82, 2.24) is 10.6 Å². The molecule has 98 valence electrons. The molecule has 2 atom stereocenters. The molecule has 0 spiro atoms. The van der Waals surface area contributed by atoms with Gasteiger partial charge in [0.25, 0.3) is 0 Å². The van der Waals surface area contributed by atoms with E-state index >= 15 is 0 Å². The summed E-state index contributed by atoms with van der Waals surface area (Å²) >= 11 is 1.83. The largest absolute Gasteiger partial charge is 0.349 e. The minimum absolute atomic E-state index is 0.229. The summed E-state index contributed by atoms with van der Waals surface area (Å²) < 4.78 is 0. The van der Waals surface area contributed by atoms with Gasteiger partial charge in [-0.1, -0.05) is 0 Å². The lowest BCUT2D eigenvalue weighted by atomic mass is 9.93. The summed E-state index contributed by atoms with van der Waals surface area (Å²) in [6.07, 6.45) is 5.30. The number of hydrogen-bond acceptors (Lipinski definition) is 3. The lowest BCUT2D eigenvalue weighted by Gasteiger charge is -2.24. The van der Waals surface area contributed by atoms with E-state index in [1.54, 1.807) is 0 Å². The molecule has 18 heavy (non-hydrogen) atoms. The zero-order chi connectivity index (χ0) is 12.4. The summed E-state index contributed by atoms with van der Waals surface area (Å²) in [4.78, 5) is 13.5. The molecule has 1 aromatic rings. The van der Waals surface area contributed by atoms with Gasteiger partial charge in [-0.25, -0.2) is 0 Å². The topological polar surface area (TPSA) is 41.1 Å². The molecule has 1 aliphatic heterocycles. The summed E-state index contributed by atoms with van der Waals surface area (Å²) in [5, 5.41) is 8.69. The lowest BCUT2D eigenvalue weighted by molar-refractivity contribution is -0.122. The van der Waals surface area contributed by atoms with E-state index in [1.165, 1.54) is 23.3 Å². The first kappa shape index (κ1) is 12.2. The van der Waals surface area contributed by atoms with Crippen LogP contribution in [-0.2, 0) is 11.2 Å². The zero-order valence-corrected chi connectivity index (χ0v) is 11.4. The maximum Gasteiger partial charge on any atom is 0.220 e. The summed E-state index contributed by atoms with van der Waals surface area (Å²) in [5.74, 6) is 0.767. The molecule has 0 bridgehead atoms. The maximum absolute atomic E-state index is 12.1. The van der Waals surface area contributed by atoms with E-state index in [9.17, 15) is 4.79 Å². The molecule has 2 heterocycles.